The van der Waals surface area contributed by atoms with Crippen LogP contribution in [0.15, 0.2) is 18.2 Å². The summed E-state index contributed by atoms with van der Waals surface area (Å²) in [6.07, 6.45) is 0.905. The molecule has 4 N–H and O–H groups in total. The number of aliphatic hydroxyl groups excluding tert-OH is 1. The maximum atomic E-state index is 9.14. The van der Waals surface area contributed by atoms with Gasteiger partial charge in [0.25, 0.3) is 0 Å². The lowest BCUT2D eigenvalue weighted by atomic mass is 9.97. The van der Waals surface area contributed by atoms with Crippen LogP contribution in [-0.4, -0.2) is 31.9 Å². The molecule has 0 aromatic heterocycles. The molecule has 0 saturated carbocycles. The zero-order valence-electron chi connectivity index (χ0n) is 10.7. The Morgan fingerprint density at radius 3 is 2.65 bits per heavy atom. The standard InChI is InChI=1S/C13H22N2O2/c1-4-9-7-10(5-6-12(9)17-3)13(15-2)11(14)8-16/h5-7,11,13,15-16H,4,8,14H2,1-3H3. The maximum Gasteiger partial charge on any atom is 0.122 e. The van der Waals surface area contributed by atoms with E-state index in [-0.39, 0.29) is 18.7 Å². The third-order valence-corrected chi connectivity index (χ3v) is 2.99. The molecule has 0 fully saturated rings. The first kappa shape index (κ1) is 14.0. The maximum absolute atomic E-state index is 9.14. The Labute approximate surface area is 103 Å². The lowest BCUT2D eigenvalue weighted by molar-refractivity contribution is 0.240. The van der Waals surface area contributed by atoms with Crippen LogP contribution in [0, 0.1) is 0 Å². The topological polar surface area (TPSA) is 67.5 Å². The average molecular weight is 238 g/mol. The van der Waals surface area contributed by atoms with Gasteiger partial charge in [-0.2, -0.15) is 0 Å². The van der Waals surface area contributed by atoms with E-state index < -0.39 is 0 Å². The first-order valence-electron chi connectivity index (χ1n) is 5.88. The number of rotatable bonds is 6. The highest BCUT2D eigenvalue weighted by Gasteiger charge is 2.18. The van der Waals surface area contributed by atoms with E-state index in [9.17, 15) is 0 Å². The molecule has 1 rings (SSSR count). The van der Waals surface area contributed by atoms with Crippen LogP contribution >= 0.6 is 0 Å². The van der Waals surface area contributed by atoms with Crippen LogP contribution in [0.1, 0.15) is 24.1 Å². The second-order valence-corrected chi connectivity index (χ2v) is 4.04. The fraction of sp³-hybridized carbons (Fsp3) is 0.538. The first-order chi connectivity index (χ1) is 8.17. The molecule has 0 aliphatic carbocycles. The summed E-state index contributed by atoms with van der Waals surface area (Å²) in [5.74, 6) is 0.892. The molecule has 96 valence electrons. The van der Waals surface area contributed by atoms with Crippen LogP contribution in [0.5, 0.6) is 5.75 Å². The van der Waals surface area contributed by atoms with Crippen molar-refractivity contribution in [3.05, 3.63) is 29.3 Å². The van der Waals surface area contributed by atoms with Gasteiger partial charge in [-0.25, -0.2) is 0 Å². The second-order valence-electron chi connectivity index (χ2n) is 4.04. The summed E-state index contributed by atoms with van der Waals surface area (Å²) in [7, 11) is 3.51. The zero-order chi connectivity index (χ0) is 12.8. The minimum absolute atomic E-state index is 0.0427. The van der Waals surface area contributed by atoms with Crippen LogP contribution in [0.2, 0.25) is 0 Å². The summed E-state index contributed by atoms with van der Waals surface area (Å²) in [6.45, 7) is 2.04. The van der Waals surface area contributed by atoms with Gasteiger partial charge >= 0.3 is 0 Å². The molecule has 4 nitrogen and oxygen atoms in total. The normalized spacial score (nSPS) is 14.4. The molecule has 2 unspecified atom stereocenters. The molecular weight excluding hydrogens is 216 g/mol. The number of methoxy groups -OCH3 is 1. The van der Waals surface area contributed by atoms with Crippen molar-refractivity contribution in [2.45, 2.75) is 25.4 Å². The molecule has 0 heterocycles. The highest BCUT2D eigenvalue weighted by Crippen LogP contribution is 2.24. The molecule has 0 aliphatic rings. The van der Waals surface area contributed by atoms with Crippen molar-refractivity contribution >= 4 is 0 Å². The van der Waals surface area contributed by atoms with Gasteiger partial charge in [-0.1, -0.05) is 19.1 Å². The molecule has 1 aromatic rings. The van der Waals surface area contributed by atoms with Crippen LogP contribution in [-0.2, 0) is 6.42 Å². The summed E-state index contributed by atoms with van der Waals surface area (Å²) in [6, 6.07) is 5.65. The number of nitrogens with one attached hydrogen (secondary N) is 1. The monoisotopic (exact) mass is 238 g/mol. The summed E-state index contributed by atoms with van der Waals surface area (Å²) in [5.41, 5.74) is 8.10. The number of benzene rings is 1. The minimum Gasteiger partial charge on any atom is -0.496 e. The van der Waals surface area contributed by atoms with E-state index in [2.05, 4.69) is 18.3 Å². The third-order valence-electron chi connectivity index (χ3n) is 2.99. The molecule has 17 heavy (non-hydrogen) atoms. The quantitative estimate of drug-likeness (QED) is 0.687. The van der Waals surface area contributed by atoms with E-state index in [0.29, 0.717) is 0 Å². The summed E-state index contributed by atoms with van der Waals surface area (Å²) in [4.78, 5) is 0. The molecule has 0 saturated heterocycles. The zero-order valence-corrected chi connectivity index (χ0v) is 10.7. The van der Waals surface area contributed by atoms with Crippen molar-refractivity contribution < 1.29 is 9.84 Å². The molecule has 2 atom stereocenters. The van der Waals surface area contributed by atoms with E-state index in [0.717, 1.165) is 23.3 Å². The van der Waals surface area contributed by atoms with Gasteiger partial charge in [-0.15, -0.1) is 0 Å². The van der Waals surface area contributed by atoms with Gasteiger partial charge < -0.3 is 20.9 Å². The van der Waals surface area contributed by atoms with Gasteiger partial charge in [-0.3, -0.25) is 0 Å². The summed E-state index contributed by atoms with van der Waals surface area (Å²) < 4.78 is 5.29. The van der Waals surface area contributed by atoms with Crippen molar-refractivity contribution in [3.8, 4) is 5.75 Å². The highest BCUT2D eigenvalue weighted by molar-refractivity contribution is 5.38. The molecule has 1 aromatic carbocycles. The Kier molecular flexibility index (Phi) is 5.41. The molecule has 0 radical (unpaired) electrons. The van der Waals surface area contributed by atoms with Gasteiger partial charge in [0.2, 0.25) is 0 Å². The largest absolute Gasteiger partial charge is 0.496 e. The Balaban J connectivity index is 3.04. The Morgan fingerprint density at radius 2 is 2.18 bits per heavy atom. The van der Waals surface area contributed by atoms with Crippen molar-refractivity contribution in [3.63, 3.8) is 0 Å². The predicted octanol–water partition coefficient (Wildman–Crippen LogP) is 0.838. The van der Waals surface area contributed by atoms with E-state index in [1.807, 2.05) is 19.2 Å². The number of ether oxygens (including phenoxy) is 1. The minimum atomic E-state index is -0.307. The van der Waals surface area contributed by atoms with Gasteiger partial charge in [0, 0.05) is 12.1 Å². The molecule has 0 amide bonds. The number of hydrogen-bond donors (Lipinski definition) is 3. The summed E-state index contributed by atoms with van der Waals surface area (Å²) >= 11 is 0. The molecule has 0 bridgehead atoms. The lowest BCUT2D eigenvalue weighted by Gasteiger charge is -2.23. The van der Waals surface area contributed by atoms with Crippen LogP contribution in [0.4, 0.5) is 0 Å². The van der Waals surface area contributed by atoms with Gasteiger partial charge in [-0.05, 0) is 30.7 Å². The first-order valence-corrected chi connectivity index (χ1v) is 5.88. The van der Waals surface area contributed by atoms with Crippen molar-refractivity contribution in [1.29, 1.82) is 0 Å². The van der Waals surface area contributed by atoms with Crippen LogP contribution < -0.4 is 15.8 Å². The summed E-state index contributed by atoms with van der Waals surface area (Å²) in [5, 5.41) is 12.3. The van der Waals surface area contributed by atoms with E-state index in [4.69, 9.17) is 15.6 Å². The SMILES string of the molecule is CCc1cc(C(NC)C(N)CO)ccc1OC. The number of hydrogen-bond acceptors (Lipinski definition) is 4. The third kappa shape index (κ3) is 3.19. The number of aryl methyl sites for hydroxylation is 1. The van der Waals surface area contributed by atoms with E-state index in [1.165, 1.54) is 0 Å². The fourth-order valence-corrected chi connectivity index (χ4v) is 2.00. The molecule has 0 aliphatic heterocycles. The molecule has 0 spiro atoms. The van der Waals surface area contributed by atoms with Crippen LogP contribution in [0.25, 0.3) is 0 Å². The fourth-order valence-electron chi connectivity index (χ4n) is 2.00. The molecular formula is C13H22N2O2. The lowest BCUT2D eigenvalue weighted by Crippen LogP contribution is -2.39. The number of likely N-dealkylation sites (N-methyl/N-ethyl adjacent to an activating group) is 1. The van der Waals surface area contributed by atoms with Gasteiger partial charge in [0.05, 0.1) is 13.7 Å². The van der Waals surface area contributed by atoms with Gasteiger partial charge in [0.1, 0.15) is 5.75 Å². The van der Waals surface area contributed by atoms with Gasteiger partial charge in [0.15, 0.2) is 0 Å². The van der Waals surface area contributed by atoms with Crippen molar-refractivity contribution in [1.82, 2.24) is 5.32 Å². The van der Waals surface area contributed by atoms with E-state index in [1.54, 1.807) is 7.11 Å². The van der Waals surface area contributed by atoms with E-state index >= 15 is 0 Å². The highest BCUT2D eigenvalue weighted by atomic mass is 16.5. The number of aliphatic hydroxyl groups is 1. The van der Waals surface area contributed by atoms with Crippen molar-refractivity contribution in [2.24, 2.45) is 5.73 Å². The number of nitrogens with two attached hydrogens (primary N) is 1. The Bertz CT molecular complexity index is 355. The van der Waals surface area contributed by atoms with Crippen molar-refractivity contribution in [2.75, 3.05) is 20.8 Å². The predicted molar refractivity (Wildman–Crippen MR) is 69.2 cm³/mol. The molecule has 4 heteroatoms. The average Bonchev–Trinajstić information content (AvgIpc) is 2.38. The smallest absolute Gasteiger partial charge is 0.122 e. The second kappa shape index (κ2) is 6.59. The Morgan fingerprint density at radius 1 is 1.47 bits per heavy atom. The Hall–Kier alpha value is -1.10. The van der Waals surface area contributed by atoms with Crippen LogP contribution in [0.3, 0.4) is 0 Å².